The van der Waals surface area contributed by atoms with Gasteiger partial charge in [0.1, 0.15) is 0 Å². The van der Waals surface area contributed by atoms with Gasteiger partial charge < -0.3 is 0 Å². The molecule has 1 saturated carbocycles. The van der Waals surface area contributed by atoms with Gasteiger partial charge in [-0.15, -0.1) is 0 Å². The van der Waals surface area contributed by atoms with E-state index in [2.05, 4.69) is 23.2 Å². The predicted octanol–water partition coefficient (Wildman–Crippen LogP) is 3.48. The number of allylic oxidation sites excluding steroid dienone is 2. The van der Waals surface area contributed by atoms with Crippen molar-refractivity contribution in [1.82, 2.24) is 0 Å². The van der Waals surface area contributed by atoms with Crippen molar-refractivity contribution in [2.24, 2.45) is 5.41 Å². The van der Waals surface area contributed by atoms with Gasteiger partial charge in [-0.25, -0.2) is 0 Å². The van der Waals surface area contributed by atoms with E-state index >= 15 is 0 Å². The normalized spacial score (nSPS) is 33.8. The third-order valence-corrected chi connectivity index (χ3v) is 6.52. The molecule has 58 valence electrons. The number of halogens is 1. The first-order valence-electron chi connectivity index (χ1n) is 4.12. The fraction of sp³-hybridized carbons (Fsp3) is 0.556. The molecule has 1 aliphatic rings. The first-order chi connectivity index (χ1) is 5.23. The van der Waals surface area contributed by atoms with E-state index in [1.54, 1.807) is 5.57 Å². The first kappa shape index (κ1) is 9.79. The summed E-state index contributed by atoms with van der Waals surface area (Å²) in [4.78, 5) is 0. The second kappa shape index (κ2) is 4.09. The molecule has 0 amide bonds. The van der Waals surface area contributed by atoms with Gasteiger partial charge in [0.05, 0.1) is 0 Å². The molecule has 0 aliphatic heterocycles. The van der Waals surface area contributed by atoms with E-state index in [9.17, 15) is 0 Å². The van der Waals surface area contributed by atoms with Crippen molar-refractivity contribution in [1.29, 1.82) is 0 Å². The van der Waals surface area contributed by atoms with Crippen LogP contribution in [0.3, 0.4) is 0 Å². The van der Waals surface area contributed by atoms with E-state index in [0.717, 1.165) is 0 Å². The Bertz CT molecular complexity index is 186. The Kier molecular flexibility index (Phi) is 3.64. The summed E-state index contributed by atoms with van der Waals surface area (Å²) in [5, 5.41) is 0. The van der Waals surface area contributed by atoms with Gasteiger partial charge in [-0.1, -0.05) is 0 Å². The molecule has 0 spiro atoms. The fourth-order valence-corrected chi connectivity index (χ4v) is 6.72. The van der Waals surface area contributed by atoms with E-state index in [-0.39, 0.29) is 0 Å². The third kappa shape index (κ3) is 2.09. The molecule has 0 nitrogen and oxygen atoms in total. The summed E-state index contributed by atoms with van der Waals surface area (Å²) in [6, 6.07) is 0. The van der Waals surface area contributed by atoms with Gasteiger partial charge in [0.25, 0.3) is 0 Å². The zero-order chi connectivity index (χ0) is 8.32. The fourth-order valence-electron chi connectivity index (χ4n) is 1.75. The standard InChI is InChI=1S/C9H13.ClH.Hg/c1-4-9(3)7-5-6-8(9)2;;/h2,4H,1,5-7H2,3H3;1H;/q;;+1/p-1. The van der Waals surface area contributed by atoms with Crippen LogP contribution in [0.15, 0.2) is 21.8 Å². The molecule has 2 heteroatoms. The minimum atomic E-state index is -1.07. The van der Waals surface area contributed by atoms with Crippen LogP contribution in [0.25, 0.3) is 0 Å². The Hall–Kier alpha value is 0.705. The minimum absolute atomic E-state index is 0.300. The van der Waals surface area contributed by atoms with Gasteiger partial charge in [-0.2, -0.15) is 0 Å². The average molecular weight is 357 g/mol. The zero-order valence-corrected chi connectivity index (χ0v) is 13.3. The molecule has 0 saturated heterocycles. The van der Waals surface area contributed by atoms with E-state index < -0.39 is 23.3 Å². The summed E-state index contributed by atoms with van der Waals surface area (Å²) in [6.07, 6.45) is 5.94. The van der Waals surface area contributed by atoms with Crippen LogP contribution < -0.4 is 0 Å². The SMILES string of the molecule is C=CC1(C)CCC/C1=[CH]\[Hg][Cl]. The summed E-state index contributed by atoms with van der Waals surface area (Å²) in [5.41, 5.74) is 1.87. The number of hydrogen-bond donors (Lipinski definition) is 0. The van der Waals surface area contributed by atoms with Crippen LogP contribution in [0, 0.1) is 5.41 Å². The van der Waals surface area contributed by atoms with Gasteiger partial charge in [0.2, 0.25) is 0 Å². The van der Waals surface area contributed by atoms with E-state index in [0.29, 0.717) is 5.41 Å². The van der Waals surface area contributed by atoms with Gasteiger partial charge in [-0.05, 0) is 0 Å². The summed E-state index contributed by atoms with van der Waals surface area (Å²) in [7, 11) is 5.88. The molecule has 0 aromatic rings. The molecule has 0 radical (unpaired) electrons. The summed E-state index contributed by atoms with van der Waals surface area (Å²) in [6.45, 7) is 6.16. The van der Waals surface area contributed by atoms with Crippen molar-refractivity contribution < 1.29 is 23.3 Å². The van der Waals surface area contributed by atoms with Gasteiger partial charge in [0.15, 0.2) is 0 Å². The van der Waals surface area contributed by atoms with Crippen LogP contribution in [0.4, 0.5) is 0 Å². The van der Waals surface area contributed by atoms with Gasteiger partial charge in [-0.3, -0.25) is 0 Å². The average Bonchev–Trinajstić information content (AvgIpc) is 2.35. The topological polar surface area (TPSA) is 0 Å². The van der Waals surface area contributed by atoms with Crippen LogP contribution in [-0.2, 0) is 23.3 Å². The monoisotopic (exact) mass is 358 g/mol. The van der Waals surface area contributed by atoms with Crippen molar-refractivity contribution in [3.63, 3.8) is 0 Å². The van der Waals surface area contributed by atoms with Crippen LogP contribution in [0.1, 0.15) is 26.2 Å². The quantitative estimate of drug-likeness (QED) is 0.524. The molecule has 1 aliphatic carbocycles. The number of hydrogen-bond acceptors (Lipinski definition) is 0. The molecular weight excluding hydrogens is 344 g/mol. The Morgan fingerprint density at radius 3 is 3.00 bits per heavy atom. The van der Waals surface area contributed by atoms with Crippen LogP contribution in [0.2, 0.25) is 0 Å². The van der Waals surface area contributed by atoms with Crippen molar-refractivity contribution in [3.05, 3.63) is 21.8 Å². The first-order valence-corrected chi connectivity index (χ1v) is 14.1. The van der Waals surface area contributed by atoms with Crippen molar-refractivity contribution >= 4 is 8.25 Å². The third-order valence-electron chi connectivity index (χ3n) is 2.65. The van der Waals surface area contributed by atoms with Crippen molar-refractivity contribution in [2.75, 3.05) is 0 Å². The van der Waals surface area contributed by atoms with E-state index in [1.807, 2.05) is 0 Å². The van der Waals surface area contributed by atoms with Crippen molar-refractivity contribution in [2.45, 2.75) is 26.2 Å². The molecule has 0 bridgehead atoms. The predicted molar refractivity (Wildman–Crippen MR) is 46.1 cm³/mol. The summed E-state index contributed by atoms with van der Waals surface area (Å²) < 4.78 is 2.36. The second-order valence-electron chi connectivity index (χ2n) is 3.36. The maximum absolute atomic E-state index is 5.88. The van der Waals surface area contributed by atoms with E-state index in [1.165, 1.54) is 19.3 Å². The molecule has 11 heavy (non-hydrogen) atoms. The molecule has 0 heterocycles. The number of rotatable bonds is 2. The molecular formula is C9H13ClHg. The molecule has 1 fully saturated rings. The summed E-state index contributed by atoms with van der Waals surface area (Å²) >= 11 is -1.07. The van der Waals surface area contributed by atoms with Crippen molar-refractivity contribution in [3.8, 4) is 0 Å². The molecule has 0 N–H and O–H groups in total. The Morgan fingerprint density at radius 2 is 2.45 bits per heavy atom. The molecule has 0 aromatic heterocycles. The Balaban J connectivity index is 2.80. The van der Waals surface area contributed by atoms with Gasteiger partial charge in [0, 0.05) is 0 Å². The molecule has 1 atom stereocenters. The van der Waals surface area contributed by atoms with Crippen LogP contribution in [0.5, 0.6) is 0 Å². The second-order valence-corrected chi connectivity index (χ2v) is 8.85. The zero-order valence-electron chi connectivity index (χ0n) is 7.07. The molecule has 1 rings (SSSR count). The Labute approximate surface area is 84.6 Å². The van der Waals surface area contributed by atoms with Gasteiger partial charge >= 0.3 is 85.0 Å². The molecule has 0 aromatic carbocycles. The molecule has 1 unspecified atom stereocenters. The van der Waals surface area contributed by atoms with Crippen LogP contribution >= 0.6 is 8.25 Å². The summed E-state index contributed by atoms with van der Waals surface area (Å²) in [5.74, 6) is 0. The maximum atomic E-state index is 5.88. The van der Waals surface area contributed by atoms with E-state index in [4.69, 9.17) is 8.25 Å². The Morgan fingerprint density at radius 1 is 1.73 bits per heavy atom. The van der Waals surface area contributed by atoms with Crippen LogP contribution in [-0.4, -0.2) is 0 Å².